The van der Waals surface area contributed by atoms with Crippen molar-refractivity contribution in [2.24, 2.45) is 0 Å². The van der Waals surface area contributed by atoms with Crippen molar-refractivity contribution in [3.05, 3.63) is 76.6 Å². The average molecular weight is 335 g/mol. The van der Waals surface area contributed by atoms with Crippen molar-refractivity contribution in [1.29, 1.82) is 0 Å². The van der Waals surface area contributed by atoms with Gasteiger partial charge in [-0.2, -0.15) is 5.10 Å². The minimum Gasteiger partial charge on any atom is -0.342 e. The number of H-pyrrole nitrogens is 2. The molecule has 120 valence electrons. The van der Waals surface area contributed by atoms with E-state index in [-0.39, 0.29) is 0 Å². The molecule has 0 aliphatic heterocycles. The molecule has 2 N–H and O–H groups in total. The first-order valence-electron chi connectivity index (χ1n) is 7.91. The van der Waals surface area contributed by atoms with Crippen molar-refractivity contribution in [2.75, 3.05) is 0 Å². The van der Waals surface area contributed by atoms with Gasteiger partial charge < -0.3 is 4.98 Å². The van der Waals surface area contributed by atoms with E-state index in [0.717, 1.165) is 42.1 Å². The number of aromatic nitrogens is 5. The lowest BCUT2D eigenvalue weighted by Crippen LogP contribution is -2.07. The molecule has 0 spiro atoms. The monoisotopic (exact) mass is 335 g/mol. The van der Waals surface area contributed by atoms with Crippen LogP contribution in [0.2, 0.25) is 0 Å². The van der Waals surface area contributed by atoms with Gasteiger partial charge in [-0.05, 0) is 29.9 Å². The van der Waals surface area contributed by atoms with Crippen LogP contribution in [0, 0.1) is 4.77 Å². The van der Waals surface area contributed by atoms with Crippen molar-refractivity contribution in [3.8, 4) is 0 Å². The van der Waals surface area contributed by atoms with Crippen molar-refractivity contribution >= 4 is 23.3 Å². The van der Waals surface area contributed by atoms with Crippen LogP contribution in [0.3, 0.4) is 0 Å². The second kappa shape index (κ2) is 6.41. The van der Waals surface area contributed by atoms with Gasteiger partial charge in [0.1, 0.15) is 11.6 Å². The van der Waals surface area contributed by atoms with E-state index in [9.17, 15) is 0 Å². The lowest BCUT2D eigenvalue weighted by molar-refractivity contribution is 0.698. The van der Waals surface area contributed by atoms with Gasteiger partial charge in [0.05, 0.1) is 17.6 Å². The van der Waals surface area contributed by atoms with Crippen LogP contribution in [0.15, 0.2) is 54.6 Å². The number of para-hydroxylation sites is 2. The summed E-state index contributed by atoms with van der Waals surface area (Å²) in [5.41, 5.74) is 3.27. The maximum atomic E-state index is 5.38. The summed E-state index contributed by atoms with van der Waals surface area (Å²) in [5, 5.41) is 7.29. The van der Waals surface area contributed by atoms with Crippen LogP contribution in [0.5, 0.6) is 0 Å². The van der Waals surface area contributed by atoms with Crippen LogP contribution < -0.4 is 0 Å². The van der Waals surface area contributed by atoms with Crippen molar-refractivity contribution < 1.29 is 0 Å². The Kier molecular flexibility index (Phi) is 3.96. The van der Waals surface area contributed by atoms with Crippen molar-refractivity contribution in [1.82, 2.24) is 24.7 Å². The highest BCUT2D eigenvalue weighted by molar-refractivity contribution is 7.71. The number of aryl methyl sites for hydroxylation is 2. The number of nitrogens with zero attached hydrogens (tertiary/aromatic N) is 3. The fourth-order valence-corrected chi connectivity index (χ4v) is 3.04. The second-order valence-electron chi connectivity index (χ2n) is 5.72. The number of nitrogens with one attached hydrogen (secondary N) is 2. The highest BCUT2D eigenvalue weighted by Gasteiger charge is 2.09. The Morgan fingerprint density at radius 1 is 0.958 bits per heavy atom. The standard InChI is InChI=1S/C18H17N5S/c24-18-22-21-17(23(18)12-13-6-2-1-3-7-13)11-10-16-19-14-8-4-5-9-15(14)20-16/h1-9H,10-12H2,(H,19,20)(H,22,24). The zero-order valence-electron chi connectivity index (χ0n) is 13.1. The highest BCUT2D eigenvalue weighted by Crippen LogP contribution is 2.13. The zero-order valence-corrected chi connectivity index (χ0v) is 13.9. The Morgan fingerprint density at radius 3 is 2.58 bits per heavy atom. The summed E-state index contributed by atoms with van der Waals surface area (Å²) >= 11 is 5.38. The summed E-state index contributed by atoms with van der Waals surface area (Å²) in [6.07, 6.45) is 1.57. The van der Waals surface area contributed by atoms with E-state index in [1.807, 2.05) is 47.0 Å². The molecule has 0 fully saturated rings. The molecule has 0 amide bonds. The van der Waals surface area contributed by atoms with Crippen LogP contribution >= 0.6 is 12.2 Å². The largest absolute Gasteiger partial charge is 0.342 e. The molecule has 0 aliphatic carbocycles. The van der Waals surface area contributed by atoms with Gasteiger partial charge in [0.15, 0.2) is 4.77 Å². The van der Waals surface area contributed by atoms with E-state index in [1.54, 1.807) is 0 Å². The average Bonchev–Trinajstić information content (AvgIpc) is 3.18. The molecule has 2 heterocycles. The number of rotatable bonds is 5. The maximum Gasteiger partial charge on any atom is 0.195 e. The molecule has 2 aromatic heterocycles. The molecule has 24 heavy (non-hydrogen) atoms. The van der Waals surface area contributed by atoms with Gasteiger partial charge >= 0.3 is 0 Å². The Balaban J connectivity index is 1.53. The number of imidazole rings is 1. The molecule has 0 radical (unpaired) electrons. The van der Waals surface area contributed by atoms with Crippen LogP contribution in [-0.4, -0.2) is 24.7 Å². The lowest BCUT2D eigenvalue weighted by atomic mass is 10.2. The maximum absolute atomic E-state index is 5.38. The number of aromatic amines is 2. The van der Waals surface area contributed by atoms with E-state index < -0.39 is 0 Å². The second-order valence-corrected chi connectivity index (χ2v) is 6.10. The first kappa shape index (κ1) is 14.8. The van der Waals surface area contributed by atoms with E-state index in [0.29, 0.717) is 4.77 Å². The van der Waals surface area contributed by atoms with Crippen LogP contribution in [0.4, 0.5) is 0 Å². The summed E-state index contributed by atoms with van der Waals surface area (Å²) < 4.78 is 2.70. The molecule has 0 atom stereocenters. The number of hydrogen-bond donors (Lipinski definition) is 2. The zero-order chi connectivity index (χ0) is 16.4. The van der Waals surface area contributed by atoms with Gasteiger partial charge in [0.2, 0.25) is 0 Å². The molecule has 2 aromatic carbocycles. The fourth-order valence-electron chi connectivity index (χ4n) is 2.82. The van der Waals surface area contributed by atoms with Gasteiger partial charge in [-0.1, -0.05) is 42.5 Å². The first-order valence-corrected chi connectivity index (χ1v) is 8.32. The molecule has 0 unspecified atom stereocenters. The summed E-state index contributed by atoms with van der Waals surface area (Å²) in [5.74, 6) is 1.92. The van der Waals surface area contributed by atoms with Gasteiger partial charge in [-0.15, -0.1) is 0 Å². The topological polar surface area (TPSA) is 62.3 Å². The first-order chi connectivity index (χ1) is 11.8. The summed E-state index contributed by atoms with van der Waals surface area (Å²) in [4.78, 5) is 7.98. The molecule has 4 rings (SSSR count). The highest BCUT2D eigenvalue weighted by atomic mass is 32.1. The van der Waals surface area contributed by atoms with E-state index >= 15 is 0 Å². The molecule has 4 aromatic rings. The quantitative estimate of drug-likeness (QED) is 0.547. The molecule has 5 nitrogen and oxygen atoms in total. The van der Waals surface area contributed by atoms with Gasteiger partial charge in [-0.25, -0.2) is 4.98 Å². The molecule has 0 bridgehead atoms. The van der Waals surface area contributed by atoms with Crippen LogP contribution in [0.25, 0.3) is 11.0 Å². The smallest absolute Gasteiger partial charge is 0.195 e. The predicted molar refractivity (Wildman–Crippen MR) is 96.5 cm³/mol. The molecule has 0 aliphatic rings. The van der Waals surface area contributed by atoms with Crippen LogP contribution in [0.1, 0.15) is 17.2 Å². The van der Waals surface area contributed by atoms with Crippen molar-refractivity contribution in [3.63, 3.8) is 0 Å². The third-order valence-corrected chi connectivity index (χ3v) is 4.36. The normalized spacial score (nSPS) is 11.2. The fraction of sp³-hybridized carbons (Fsp3) is 0.167. The summed E-state index contributed by atoms with van der Waals surface area (Å²) in [6.45, 7) is 0.728. The van der Waals surface area contributed by atoms with Crippen LogP contribution in [-0.2, 0) is 19.4 Å². The Morgan fingerprint density at radius 2 is 1.75 bits per heavy atom. The minimum atomic E-state index is 0.651. The third-order valence-electron chi connectivity index (χ3n) is 4.04. The van der Waals surface area contributed by atoms with Gasteiger partial charge in [0.25, 0.3) is 0 Å². The Bertz CT molecular complexity index is 980. The Labute approximate surface area is 144 Å². The predicted octanol–water partition coefficient (Wildman–Crippen LogP) is 3.65. The molecular weight excluding hydrogens is 318 g/mol. The molecule has 6 heteroatoms. The number of benzene rings is 2. The molecule has 0 saturated carbocycles. The molecule has 0 saturated heterocycles. The van der Waals surface area contributed by atoms with E-state index in [2.05, 4.69) is 32.3 Å². The van der Waals surface area contributed by atoms with E-state index in [1.165, 1.54) is 5.56 Å². The minimum absolute atomic E-state index is 0.651. The number of hydrogen-bond acceptors (Lipinski definition) is 3. The number of fused-ring (bicyclic) bond motifs is 1. The molecular formula is C18H17N5S. The lowest BCUT2D eigenvalue weighted by Gasteiger charge is -2.06. The summed E-state index contributed by atoms with van der Waals surface area (Å²) in [7, 11) is 0. The van der Waals surface area contributed by atoms with Crippen molar-refractivity contribution in [2.45, 2.75) is 19.4 Å². The Hall–Kier alpha value is -2.73. The van der Waals surface area contributed by atoms with E-state index in [4.69, 9.17) is 12.2 Å². The SMILES string of the molecule is S=c1[nH]nc(CCc2nc3ccccc3[nH]2)n1Cc1ccccc1. The summed E-state index contributed by atoms with van der Waals surface area (Å²) in [6, 6.07) is 18.3. The third kappa shape index (κ3) is 3.00. The van der Waals surface area contributed by atoms with Gasteiger partial charge in [-0.3, -0.25) is 9.67 Å². The van der Waals surface area contributed by atoms with Gasteiger partial charge in [0, 0.05) is 12.8 Å².